The second kappa shape index (κ2) is 8.40. The van der Waals surface area contributed by atoms with Crippen molar-refractivity contribution in [2.24, 2.45) is 5.10 Å². The van der Waals surface area contributed by atoms with E-state index in [9.17, 15) is 9.90 Å². The molecule has 0 aliphatic carbocycles. The van der Waals surface area contributed by atoms with Gasteiger partial charge < -0.3 is 14.6 Å². The lowest BCUT2D eigenvalue weighted by molar-refractivity contribution is -0.307. The molecule has 7 nitrogen and oxygen atoms in total. The van der Waals surface area contributed by atoms with Gasteiger partial charge in [-0.25, -0.2) is 5.10 Å². The van der Waals surface area contributed by atoms with Crippen molar-refractivity contribution in [3.63, 3.8) is 0 Å². The first kappa shape index (κ1) is 20.5. The number of nitrogens with zero attached hydrogens (tertiary/aromatic N) is 3. The average molecular weight is 409 g/mol. The summed E-state index contributed by atoms with van der Waals surface area (Å²) in [4.78, 5) is 10.5. The van der Waals surface area contributed by atoms with Crippen LogP contribution < -0.4 is 9.84 Å². The fourth-order valence-electron chi connectivity index (χ4n) is 2.66. The lowest BCUT2D eigenvalue weighted by atomic mass is 9.87. The standard InChI is InChI=1S/C21H22N4O3S/c1-21(2,3)16-9-7-15(8-10-16)19-23-24-20(29)25(19)22-12-14-5-4-6-17(11-14)28-13-18(26)27/h4-12H,13H2,1-3H3,(H,24,29)(H,26,27)/p-1/b22-12-. The van der Waals surface area contributed by atoms with Crippen molar-refractivity contribution in [2.45, 2.75) is 26.2 Å². The van der Waals surface area contributed by atoms with Crippen LogP contribution in [0.15, 0.2) is 53.6 Å². The maximum absolute atomic E-state index is 10.5. The fourth-order valence-corrected chi connectivity index (χ4v) is 2.84. The third kappa shape index (κ3) is 5.17. The highest BCUT2D eigenvalue weighted by molar-refractivity contribution is 7.71. The summed E-state index contributed by atoms with van der Waals surface area (Å²) in [6, 6.07) is 15.0. The van der Waals surface area contributed by atoms with E-state index in [1.165, 1.54) is 10.2 Å². The number of nitrogens with one attached hydrogen (secondary N) is 1. The zero-order valence-corrected chi connectivity index (χ0v) is 17.2. The number of aromatic nitrogens is 3. The van der Waals surface area contributed by atoms with E-state index < -0.39 is 12.6 Å². The molecule has 0 amide bonds. The lowest BCUT2D eigenvalue weighted by Crippen LogP contribution is -2.28. The SMILES string of the molecule is CC(C)(C)c1ccc(-c2n[nH]c(=S)n2/N=C\c2cccc(OCC(=O)[O-])c2)cc1. The number of hydrogen-bond donors (Lipinski definition) is 1. The van der Waals surface area contributed by atoms with Crippen LogP contribution in [0.4, 0.5) is 0 Å². The molecule has 0 aliphatic heterocycles. The maximum Gasteiger partial charge on any atom is 0.216 e. The summed E-state index contributed by atoms with van der Waals surface area (Å²) in [5.41, 5.74) is 2.89. The Morgan fingerprint density at radius 2 is 2.00 bits per heavy atom. The van der Waals surface area contributed by atoms with Gasteiger partial charge in [-0.1, -0.05) is 57.2 Å². The zero-order chi connectivity index (χ0) is 21.0. The number of H-pyrrole nitrogens is 1. The second-order valence-corrected chi connectivity index (χ2v) is 7.86. The minimum absolute atomic E-state index is 0.0607. The van der Waals surface area contributed by atoms with E-state index in [1.807, 2.05) is 18.2 Å². The van der Waals surface area contributed by atoms with Gasteiger partial charge >= 0.3 is 0 Å². The van der Waals surface area contributed by atoms with Gasteiger partial charge in [0.25, 0.3) is 0 Å². The lowest BCUT2D eigenvalue weighted by Gasteiger charge is -2.18. The molecule has 1 heterocycles. The highest BCUT2D eigenvalue weighted by Gasteiger charge is 2.14. The molecule has 0 spiro atoms. The van der Waals surface area contributed by atoms with Gasteiger partial charge in [0.1, 0.15) is 12.4 Å². The smallest absolute Gasteiger partial charge is 0.216 e. The van der Waals surface area contributed by atoms with E-state index in [1.54, 1.807) is 24.4 Å². The van der Waals surface area contributed by atoms with Crippen LogP contribution in [0.25, 0.3) is 11.4 Å². The van der Waals surface area contributed by atoms with E-state index in [2.05, 4.69) is 48.2 Å². The summed E-state index contributed by atoms with van der Waals surface area (Å²) >= 11 is 5.30. The Hall–Kier alpha value is -3.26. The highest BCUT2D eigenvalue weighted by Crippen LogP contribution is 2.25. The zero-order valence-electron chi connectivity index (χ0n) is 16.4. The van der Waals surface area contributed by atoms with Crippen LogP contribution in [0.3, 0.4) is 0 Å². The molecule has 0 aliphatic rings. The van der Waals surface area contributed by atoms with Gasteiger partial charge in [0.15, 0.2) is 5.82 Å². The molecule has 1 aromatic heterocycles. The first-order valence-electron chi connectivity index (χ1n) is 8.99. The Labute approximate surface area is 173 Å². The first-order chi connectivity index (χ1) is 13.7. The summed E-state index contributed by atoms with van der Waals surface area (Å²) in [6.07, 6.45) is 1.60. The second-order valence-electron chi connectivity index (χ2n) is 7.47. The van der Waals surface area contributed by atoms with Crippen LogP contribution in [0, 0.1) is 4.77 Å². The number of aromatic amines is 1. The van der Waals surface area contributed by atoms with Crippen molar-refractivity contribution in [3.05, 3.63) is 64.4 Å². The number of aliphatic carboxylic acids is 1. The van der Waals surface area contributed by atoms with E-state index in [4.69, 9.17) is 17.0 Å². The van der Waals surface area contributed by atoms with E-state index in [0.29, 0.717) is 16.3 Å². The summed E-state index contributed by atoms with van der Waals surface area (Å²) in [6.45, 7) is 5.97. The molecule has 3 aromatic rings. The van der Waals surface area contributed by atoms with Gasteiger partial charge in [0.05, 0.1) is 12.2 Å². The van der Waals surface area contributed by atoms with Gasteiger partial charge in [0, 0.05) is 5.56 Å². The Morgan fingerprint density at radius 1 is 1.28 bits per heavy atom. The molecule has 8 heteroatoms. The van der Waals surface area contributed by atoms with E-state index in [0.717, 1.165) is 11.1 Å². The molecule has 1 N–H and O–H groups in total. The van der Waals surface area contributed by atoms with Crippen LogP contribution in [0.5, 0.6) is 5.75 Å². The van der Waals surface area contributed by atoms with Gasteiger partial charge in [0.2, 0.25) is 4.77 Å². The highest BCUT2D eigenvalue weighted by atomic mass is 32.1. The van der Waals surface area contributed by atoms with Crippen molar-refractivity contribution in [1.29, 1.82) is 0 Å². The largest absolute Gasteiger partial charge is 0.546 e. The predicted molar refractivity (Wildman–Crippen MR) is 111 cm³/mol. The number of hydrogen-bond acceptors (Lipinski definition) is 6. The molecular weight excluding hydrogens is 388 g/mol. The molecule has 0 saturated heterocycles. The van der Waals surface area contributed by atoms with Crippen LogP contribution in [0.1, 0.15) is 31.9 Å². The molecule has 29 heavy (non-hydrogen) atoms. The summed E-state index contributed by atoms with van der Waals surface area (Å²) in [5, 5.41) is 22.0. The van der Waals surface area contributed by atoms with E-state index >= 15 is 0 Å². The van der Waals surface area contributed by atoms with Crippen LogP contribution in [-0.4, -0.2) is 33.7 Å². The normalized spacial score (nSPS) is 11.7. The minimum Gasteiger partial charge on any atom is -0.546 e. The number of benzene rings is 2. The quantitative estimate of drug-likeness (QED) is 0.499. The van der Waals surface area contributed by atoms with Crippen molar-refractivity contribution in [1.82, 2.24) is 14.9 Å². The maximum atomic E-state index is 10.5. The molecule has 0 saturated carbocycles. The summed E-state index contributed by atoms with van der Waals surface area (Å²) in [7, 11) is 0. The fraction of sp³-hybridized carbons (Fsp3) is 0.238. The van der Waals surface area contributed by atoms with Crippen molar-refractivity contribution >= 4 is 24.4 Å². The number of carboxylic acids is 1. The molecule has 3 rings (SSSR count). The number of rotatable bonds is 6. The summed E-state index contributed by atoms with van der Waals surface area (Å²) < 4.78 is 7.03. The predicted octanol–water partition coefficient (Wildman–Crippen LogP) is 2.92. The Morgan fingerprint density at radius 3 is 2.66 bits per heavy atom. The van der Waals surface area contributed by atoms with Crippen LogP contribution in [0.2, 0.25) is 0 Å². The monoisotopic (exact) mass is 409 g/mol. The molecule has 0 bridgehead atoms. The van der Waals surface area contributed by atoms with Crippen molar-refractivity contribution in [3.8, 4) is 17.1 Å². The third-order valence-corrected chi connectivity index (χ3v) is 4.46. The van der Waals surface area contributed by atoms with Gasteiger partial charge in [-0.2, -0.15) is 14.9 Å². The number of carbonyl (C=O) groups excluding carboxylic acids is 1. The number of ether oxygens (including phenoxy) is 1. The minimum atomic E-state index is -1.28. The number of carbonyl (C=O) groups is 1. The molecule has 0 radical (unpaired) electrons. The topological polar surface area (TPSA) is 95.3 Å². The number of carboxylic acid groups (broad SMARTS) is 1. The molecular formula is C21H21N4O3S-. The Balaban J connectivity index is 1.86. The molecule has 0 fully saturated rings. The van der Waals surface area contributed by atoms with Gasteiger partial charge in [-0.05, 0) is 40.9 Å². The Kier molecular flexibility index (Phi) is 5.93. The molecule has 0 atom stereocenters. The van der Waals surface area contributed by atoms with Crippen LogP contribution >= 0.6 is 12.2 Å². The van der Waals surface area contributed by atoms with Gasteiger partial charge in [-0.15, -0.1) is 0 Å². The summed E-state index contributed by atoms with van der Waals surface area (Å²) in [5.74, 6) is -0.279. The third-order valence-electron chi connectivity index (χ3n) is 4.20. The van der Waals surface area contributed by atoms with Crippen molar-refractivity contribution < 1.29 is 14.6 Å². The molecule has 150 valence electrons. The van der Waals surface area contributed by atoms with Crippen molar-refractivity contribution in [2.75, 3.05) is 6.61 Å². The van der Waals surface area contributed by atoms with Crippen LogP contribution in [-0.2, 0) is 10.2 Å². The van der Waals surface area contributed by atoms with E-state index in [-0.39, 0.29) is 5.41 Å². The molecule has 0 unspecified atom stereocenters. The Bertz CT molecular complexity index is 1090. The average Bonchev–Trinajstić information content (AvgIpc) is 3.05. The molecule has 2 aromatic carbocycles. The first-order valence-corrected chi connectivity index (χ1v) is 9.40. The van der Waals surface area contributed by atoms with Gasteiger partial charge in [-0.3, -0.25) is 0 Å².